The Balaban J connectivity index is 1.97. The van der Waals surface area contributed by atoms with Gasteiger partial charge in [-0.3, -0.25) is 0 Å². The van der Waals surface area contributed by atoms with Gasteiger partial charge in [0.05, 0.1) is 5.69 Å². The van der Waals surface area contributed by atoms with Crippen LogP contribution in [0.2, 0.25) is 0 Å². The van der Waals surface area contributed by atoms with Crippen LogP contribution < -0.4 is 16.4 Å². The number of benzene rings is 1. The number of rotatable bonds is 5. The lowest BCUT2D eigenvalue weighted by atomic mass is 10.1. The summed E-state index contributed by atoms with van der Waals surface area (Å²) in [6, 6.07) is 2.52. The Morgan fingerprint density at radius 1 is 1.17 bits per heavy atom. The topological polar surface area (TPSA) is 127 Å². The van der Waals surface area contributed by atoms with Crippen LogP contribution in [0.25, 0.3) is 11.4 Å². The average Bonchev–Trinajstić information content (AvgIpc) is 3.40. The maximum Gasteiger partial charge on any atom is 0.319 e. The fourth-order valence-corrected chi connectivity index (χ4v) is 2.96. The molecule has 0 spiro atoms. The highest BCUT2D eigenvalue weighted by Crippen LogP contribution is 2.31. The van der Waals surface area contributed by atoms with Gasteiger partial charge in [-0.05, 0) is 38.8 Å². The highest BCUT2D eigenvalue weighted by molar-refractivity contribution is 7.91. The van der Waals surface area contributed by atoms with Crippen LogP contribution >= 0.6 is 0 Å². The molecule has 11 heteroatoms. The van der Waals surface area contributed by atoms with Crippen molar-refractivity contribution in [3.05, 3.63) is 35.5 Å². The predicted molar refractivity (Wildman–Crippen MR) is 105 cm³/mol. The van der Waals surface area contributed by atoms with E-state index in [-0.39, 0.29) is 28.9 Å². The quantitative estimate of drug-likeness (QED) is 0.676. The van der Waals surface area contributed by atoms with E-state index in [1.165, 1.54) is 19.9 Å². The minimum Gasteiger partial charge on any atom is -0.384 e. The number of hydrogen-bond donors (Lipinski definition) is 3. The minimum atomic E-state index is -3.56. The Hall–Kier alpha value is -2.82. The molecular weight excluding hydrogens is 404 g/mol. The van der Waals surface area contributed by atoms with Crippen LogP contribution in [0, 0.1) is 11.6 Å². The maximum absolute atomic E-state index is 14.5. The molecule has 0 aliphatic heterocycles. The number of amides is 2. The molecule has 1 heterocycles. The third-order valence-electron chi connectivity index (χ3n) is 4.74. The zero-order chi connectivity index (χ0) is 21.6. The van der Waals surface area contributed by atoms with E-state index in [4.69, 9.17) is 5.73 Å². The van der Waals surface area contributed by atoms with Crippen LogP contribution in [-0.2, 0) is 14.6 Å². The zero-order valence-electron chi connectivity index (χ0n) is 16.1. The molecule has 0 unspecified atom stereocenters. The molecular formula is C18H21F2N5O3S. The van der Waals surface area contributed by atoms with Crippen LogP contribution in [0.15, 0.2) is 18.2 Å². The molecule has 1 aliphatic carbocycles. The largest absolute Gasteiger partial charge is 0.384 e. The summed E-state index contributed by atoms with van der Waals surface area (Å²) in [4.78, 5) is 19.9. The lowest BCUT2D eigenvalue weighted by Gasteiger charge is -2.22. The SMILES string of the molecule is CC(C)(c1cc(N)nc(-c2cc(F)c(NC(=O)NC3CC3)c(F)c2)n1)S(C)(=O)=O. The van der Waals surface area contributed by atoms with Crippen molar-refractivity contribution in [2.24, 2.45) is 0 Å². The van der Waals surface area contributed by atoms with Gasteiger partial charge in [0.1, 0.15) is 16.3 Å². The number of carbonyl (C=O) groups excluding carboxylic acids is 1. The normalized spacial score (nSPS) is 14.5. The summed E-state index contributed by atoms with van der Waals surface area (Å²) in [7, 11) is -3.56. The number of hydrogen-bond acceptors (Lipinski definition) is 6. The van der Waals surface area contributed by atoms with Gasteiger partial charge in [0, 0.05) is 23.9 Å². The first kappa shape index (κ1) is 20.9. The van der Waals surface area contributed by atoms with Gasteiger partial charge >= 0.3 is 6.03 Å². The molecule has 1 aliphatic rings. The summed E-state index contributed by atoms with van der Waals surface area (Å²) in [5.41, 5.74) is 5.20. The van der Waals surface area contributed by atoms with Crippen LogP contribution in [-0.4, -0.2) is 36.7 Å². The summed E-state index contributed by atoms with van der Waals surface area (Å²) in [5, 5.41) is 4.72. The maximum atomic E-state index is 14.5. The first-order valence-electron chi connectivity index (χ1n) is 8.80. The van der Waals surface area contributed by atoms with Gasteiger partial charge in [-0.2, -0.15) is 0 Å². The standard InChI is InChI=1S/C18H21F2N5O3S/c1-18(2,29(3,27)28)13-8-14(21)24-16(23-13)9-6-11(19)15(12(20)7-9)25-17(26)22-10-4-5-10/h6-8,10H,4-5H2,1-3H3,(H2,21,23,24)(H2,22,25,26). The van der Waals surface area contributed by atoms with Crippen molar-refractivity contribution in [1.29, 1.82) is 0 Å². The van der Waals surface area contributed by atoms with Gasteiger partial charge in [0.15, 0.2) is 27.3 Å². The summed E-state index contributed by atoms with van der Waals surface area (Å²) >= 11 is 0. The number of sulfone groups is 1. The van der Waals surface area contributed by atoms with Crippen molar-refractivity contribution in [2.75, 3.05) is 17.3 Å². The number of carbonyl (C=O) groups is 1. The molecule has 1 saturated carbocycles. The van der Waals surface area contributed by atoms with Gasteiger partial charge in [-0.15, -0.1) is 0 Å². The van der Waals surface area contributed by atoms with Crippen molar-refractivity contribution in [3.63, 3.8) is 0 Å². The fraction of sp³-hybridized carbons (Fsp3) is 0.389. The van der Waals surface area contributed by atoms with E-state index in [9.17, 15) is 22.0 Å². The number of anilines is 2. The van der Waals surface area contributed by atoms with Gasteiger partial charge in [0.25, 0.3) is 0 Å². The summed E-state index contributed by atoms with van der Waals surface area (Å²) in [6.07, 6.45) is 2.71. The Bertz CT molecular complexity index is 1060. The number of nitrogens with one attached hydrogen (secondary N) is 2. The van der Waals surface area contributed by atoms with E-state index in [0.29, 0.717) is 0 Å². The number of urea groups is 1. The second-order valence-electron chi connectivity index (χ2n) is 7.47. The van der Waals surface area contributed by atoms with E-state index >= 15 is 0 Å². The molecule has 0 bridgehead atoms. The Morgan fingerprint density at radius 2 is 1.76 bits per heavy atom. The second kappa shape index (κ2) is 7.21. The van der Waals surface area contributed by atoms with Crippen molar-refractivity contribution < 1.29 is 22.0 Å². The van der Waals surface area contributed by atoms with Crippen LogP contribution in [0.1, 0.15) is 32.4 Å². The number of nitrogens with two attached hydrogens (primary N) is 1. The lowest BCUT2D eigenvalue weighted by Crippen LogP contribution is -2.31. The van der Waals surface area contributed by atoms with Crippen molar-refractivity contribution in [2.45, 2.75) is 37.5 Å². The van der Waals surface area contributed by atoms with Crippen LogP contribution in [0.3, 0.4) is 0 Å². The molecule has 2 aromatic rings. The third-order valence-corrected chi connectivity index (χ3v) is 6.80. The van der Waals surface area contributed by atoms with Crippen molar-refractivity contribution in [3.8, 4) is 11.4 Å². The second-order valence-corrected chi connectivity index (χ2v) is 10.0. The number of aromatic nitrogens is 2. The fourth-order valence-electron chi connectivity index (χ4n) is 2.48. The van der Waals surface area contributed by atoms with Crippen LogP contribution in [0.5, 0.6) is 0 Å². The lowest BCUT2D eigenvalue weighted by molar-refractivity contribution is 0.251. The van der Waals surface area contributed by atoms with E-state index in [0.717, 1.165) is 31.2 Å². The van der Waals surface area contributed by atoms with E-state index in [1.807, 2.05) is 0 Å². The monoisotopic (exact) mass is 425 g/mol. The number of nitrogens with zero attached hydrogens (tertiary/aromatic N) is 2. The molecule has 1 aromatic carbocycles. The van der Waals surface area contributed by atoms with E-state index in [2.05, 4.69) is 20.6 Å². The molecule has 0 atom stereocenters. The predicted octanol–water partition coefficient (Wildman–Crippen LogP) is 2.57. The molecule has 0 saturated heterocycles. The first-order chi connectivity index (χ1) is 13.4. The van der Waals surface area contributed by atoms with Gasteiger partial charge < -0.3 is 16.4 Å². The molecule has 3 rings (SSSR count). The first-order valence-corrected chi connectivity index (χ1v) is 10.7. The third kappa shape index (κ3) is 4.44. The number of nitrogen functional groups attached to an aromatic ring is 1. The van der Waals surface area contributed by atoms with Crippen molar-refractivity contribution in [1.82, 2.24) is 15.3 Å². The Kier molecular flexibility index (Phi) is 5.20. The van der Waals surface area contributed by atoms with E-state index in [1.54, 1.807) is 0 Å². The molecule has 0 radical (unpaired) electrons. The Labute approximate surface area is 166 Å². The summed E-state index contributed by atoms with van der Waals surface area (Å²) in [5.74, 6) is -2.24. The molecule has 1 fully saturated rings. The van der Waals surface area contributed by atoms with Crippen LogP contribution in [0.4, 0.5) is 25.1 Å². The Morgan fingerprint density at radius 3 is 2.28 bits per heavy atom. The average molecular weight is 425 g/mol. The van der Waals surface area contributed by atoms with Gasteiger partial charge in [0.2, 0.25) is 0 Å². The smallest absolute Gasteiger partial charge is 0.319 e. The highest BCUT2D eigenvalue weighted by atomic mass is 32.2. The molecule has 4 N–H and O–H groups in total. The van der Waals surface area contributed by atoms with Gasteiger partial charge in [-0.25, -0.2) is 32.0 Å². The molecule has 1 aromatic heterocycles. The van der Waals surface area contributed by atoms with Crippen molar-refractivity contribution >= 4 is 27.4 Å². The summed E-state index contributed by atoms with van der Waals surface area (Å²) in [6.45, 7) is 2.89. The zero-order valence-corrected chi connectivity index (χ0v) is 16.9. The molecule has 2 amide bonds. The molecule has 29 heavy (non-hydrogen) atoms. The number of halogens is 2. The summed E-state index contributed by atoms with van der Waals surface area (Å²) < 4.78 is 51.7. The molecule has 8 nitrogen and oxygen atoms in total. The highest BCUT2D eigenvalue weighted by Gasteiger charge is 2.34. The molecule has 156 valence electrons. The van der Waals surface area contributed by atoms with Gasteiger partial charge in [-0.1, -0.05) is 0 Å². The minimum absolute atomic E-state index is 0.0257. The van der Waals surface area contributed by atoms with E-state index < -0.39 is 37.9 Å².